The molecule has 1 aliphatic heterocycles. The minimum Gasteiger partial charge on any atom is -0.319 e. The fourth-order valence-electron chi connectivity index (χ4n) is 4.19. The lowest BCUT2D eigenvalue weighted by atomic mass is 10.1. The molecular formula is C24H29N3O2S2. The molecule has 164 valence electrons. The first-order valence-corrected chi connectivity index (χ1v) is 13.7. The number of aromatic nitrogens is 2. The molecular weight excluding hydrogens is 426 g/mol. The van der Waals surface area contributed by atoms with Crippen LogP contribution in [0.25, 0.3) is 11.0 Å². The van der Waals surface area contributed by atoms with E-state index in [9.17, 15) is 8.42 Å². The molecule has 2 aliphatic rings. The van der Waals surface area contributed by atoms with Crippen LogP contribution in [0.15, 0.2) is 52.5 Å². The van der Waals surface area contributed by atoms with Crippen LogP contribution in [0.1, 0.15) is 43.7 Å². The van der Waals surface area contributed by atoms with Crippen molar-refractivity contribution >= 4 is 32.8 Å². The molecule has 1 aromatic heterocycles. The topological polar surface area (TPSA) is 55.2 Å². The predicted molar refractivity (Wildman–Crippen MR) is 126 cm³/mol. The SMILES string of the molecule is CCc1ccc(CSc2nc3cc(S(=O)(=O)N4CCCC4)ccc3n2CC2CC2)cc1. The van der Waals surface area contributed by atoms with E-state index in [-0.39, 0.29) is 0 Å². The molecule has 0 amide bonds. The molecule has 0 atom stereocenters. The molecule has 0 unspecified atom stereocenters. The quantitative estimate of drug-likeness (QED) is 0.444. The van der Waals surface area contributed by atoms with Crippen molar-refractivity contribution in [2.24, 2.45) is 5.92 Å². The second kappa shape index (κ2) is 8.60. The number of rotatable bonds is 8. The third-order valence-corrected chi connectivity index (χ3v) is 9.27. The number of imidazole rings is 1. The van der Waals surface area contributed by atoms with Crippen molar-refractivity contribution in [1.82, 2.24) is 13.9 Å². The van der Waals surface area contributed by atoms with E-state index in [0.717, 1.165) is 47.7 Å². The van der Waals surface area contributed by atoms with E-state index in [1.54, 1.807) is 28.2 Å². The molecule has 3 aromatic rings. The van der Waals surface area contributed by atoms with Crippen molar-refractivity contribution in [2.45, 2.75) is 61.4 Å². The molecule has 1 aliphatic carbocycles. The van der Waals surface area contributed by atoms with Gasteiger partial charge in [0.1, 0.15) is 0 Å². The first-order chi connectivity index (χ1) is 15.0. The van der Waals surface area contributed by atoms with Gasteiger partial charge in [-0.05, 0) is 67.3 Å². The second-order valence-electron chi connectivity index (χ2n) is 8.67. The Hall–Kier alpha value is -1.83. The van der Waals surface area contributed by atoms with Gasteiger partial charge in [-0.3, -0.25) is 0 Å². The number of fused-ring (bicyclic) bond motifs is 1. The predicted octanol–water partition coefficient (Wildman–Crippen LogP) is 5.09. The van der Waals surface area contributed by atoms with E-state index in [4.69, 9.17) is 4.98 Å². The third kappa shape index (κ3) is 4.41. The zero-order valence-corrected chi connectivity index (χ0v) is 19.6. The van der Waals surface area contributed by atoms with Crippen LogP contribution >= 0.6 is 11.8 Å². The summed E-state index contributed by atoms with van der Waals surface area (Å²) in [5.41, 5.74) is 4.45. The van der Waals surface area contributed by atoms with Gasteiger partial charge in [0.05, 0.1) is 15.9 Å². The second-order valence-corrected chi connectivity index (χ2v) is 11.5. The number of sulfonamides is 1. The van der Waals surface area contributed by atoms with Crippen LogP contribution in [0.5, 0.6) is 0 Å². The van der Waals surface area contributed by atoms with Crippen LogP contribution in [0.4, 0.5) is 0 Å². The van der Waals surface area contributed by atoms with Gasteiger partial charge < -0.3 is 4.57 Å². The molecule has 0 bridgehead atoms. The van der Waals surface area contributed by atoms with E-state index >= 15 is 0 Å². The smallest absolute Gasteiger partial charge is 0.243 e. The van der Waals surface area contributed by atoms with Crippen molar-refractivity contribution < 1.29 is 8.42 Å². The summed E-state index contributed by atoms with van der Waals surface area (Å²) in [4.78, 5) is 5.25. The number of nitrogens with zero attached hydrogens (tertiary/aromatic N) is 3. The van der Waals surface area contributed by atoms with Gasteiger partial charge in [-0.1, -0.05) is 43.0 Å². The molecule has 31 heavy (non-hydrogen) atoms. The summed E-state index contributed by atoms with van der Waals surface area (Å²) >= 11 is 1.74. The average Bonchev–Trinajstić information content (AvgIpc) is 3.29. The molecule has 2 heterocycles. The average molecular weight is 456 g/mol. The lowest BCUT2D eigenvalue weighted by Gasteiger charge is -2.15. The molecule has 7 heteroatoms. The molecule has 2 aromatic carbocycles. The minimum absolute atomic E-state index is 0.365. The van der Waals surface area contributed by atoms with Crippen molar-refractivity contribution in [3.05, 3.63) is 53.6 Å². The van der Waals surface area contributed by atoms with Crippen LogP contribution in [-0.4, -0.2) is 35.4 Å². The van der Waals surface area contributed by atoms with Gasteiger partial charge in [0.25, 0.3) is 0 Å². The van der Waals surface area contributed by atoms with Gasteiger partial charge in [-0.2, -0.15) is 4.31 Å². The van der Waals surface area contributed by atoms with Crippen LogP contribution in [-0.2, 0) is 28.7 Å². The van der Waals surface area contributed by atoms with Crippen molar-refractivity contribution in [3.8, 4) is 0 Å². The van der Waals surface area contributed by atoms with Gasteiger partial charge in [-0.25, -0.2) is 13.4 Å². The largest absolute Gasteiger partial charge is 0.319 e. The maximum absolute atomic E-state index is 13.0. The number of aryl methyl sites for hydroxylation is 1. The van der Waals surface area contributed by atoms with E-state index in [2.05, 4.69) is 35.8 Å². The lowest BCUT2D eigenvalue weighted by Crippen LogP contribution is -2.27. The first-order valence-electron chi connectivity index (χ1n) is 11.3. The van der Waals surface area contributed by atoms with E-state index < -0.39 is 10.0 Å². The lowest BCUT2D eigenvalue weighted by molar-refractivity contribution is 0.477. The van der Waals surface area contributed by atoms with Crippen molar-refractivity contribution in [1.29, 1.82) is 0 Å². The van der Waals surface area contributed by atoms with Gasteiger partial charge >= 0.3 is 0 Å². The molecule has 5 nitrogen and oxygen atoms in total. The van der Waals surface area contributed by atoms with Crippen LogP contribution in [0.3, 0.4) is 0 Å². The summed E-state index contributed by atoms with van der Waals surface area (Å²) in [5.74, 6) is 1.57. The van der Waals surface area contributed by atoms with Gasteiger partial charge in [-0.15, -0.1) is 0 Å². The molecule has 0 N–H and O–H groups in total. The zero-order valence-electron chi connectivity index (χ0n) is 18.0. The fourth-order valence-corrected chi connectivity index (χ4v) is 6.71. The number of thioether (sulfide) groups is 1. The summed E-state index contributed by atoms with van der Waals surface area (Å²) in [6.45, 7) is 4.37. The Morgan fingerprint density at radius 2 is 1.74 bits per heavy atom. The summed E-state index contributed by atoms with van der Waals surface area (Å²) in [6.07, 6.45) is 5.47. The summed E-state index contributed by atoms with van der Waals surface area (Å²) in [5, 5.41) is 0.984. The maximum atomic E-state index is 13.0. The Morgan fingerprint density at radius 1 is 1.03 bits per heavy atom. The number of benzene rings is 2. The highest BCUT2D eigenvalue weighted by Gasteiger charge is 2.29. The highest BCUT2D eigenvalue weighted by molar-refractivity contribution is 7.98. The molecule has 1 saturated carbocycles. The third-order valence-electron chi connectivity index (χ3n) is 6.32. The van der Waals surface area contributed by atoms with Crippen LogP contribution < -0.4 is 0 Å². The zero-order chi connectivity index (χ0) is 21.4. The first kappa shape index (κ1) is 21.0. The van der Waals surface area contributed by atoms with Crippen LogP contribution in [0.2, 0.25) is 0 Å². The standard InChI is InChI=1S/C24H29N3O2S2/c1-2-18-5-9-20(10-6-18)17-30-24-25-22-15-21(31(28,29)26-13-3-4-14-26)11-12-23(22)27(24)16-19-7-8-19/h5-6,9-12,15,19H,2-4,7-8,13-14,16-17H2,1H3. The molecule has 1 saturated heterocycles. The Balaban J connectivity index is 1.44. The van der Waals surface area contributed by atoms with Gasteiger partial charge in [0, 0.05) is 25.4 Å². The van der Waals surface area contributed by atoms with Gasteiger partial charge in [0.15, 0.2) is 5.16 Å². The van der Waals surface area contributed by atoms with Gasteiger partial charge in [0.2, 0.25) is 10.0 Å². The summed E-state index contributed by atoms with van der Waals surface area (Å²) in [6, 6.07) is 14.3. The van der Waals surface area contributed by atoms with Crippen molar-refractivity contribution in [3.63, 3.8) is 0 Å². The number of hydrogen-bond donors (Lipinski definition) is 0. The summed E-state index contributed by atoms with van der Waals surface area (Å²) in [7, 11) is -3.43. The normalized spacial score (nSPS) is 17.6. The highest BCUT2D eigenvalue weighted by Crippen LogP contribution is 2.36. The van der Waals surface area contributed by atoms with E-state index in [0.29, 0.717) is 23.9 Å². The number of hydrogen-bond acceptors (Lipinski definition) is 4. The highest BCUT2D eigenvalue weighted by atomic mass is 32.2. The van der Waals surface area contributed by atoms with E-state index in [1.165, 1.54) is 24.0 Å². The van der Waals surface area contributed by atoms with E-state index in [1.807, 2.05) is 6.07 Å². The Labute approximate surface area is 188 Å². The Kier molecular flexibility index (Phi) is 5.84. The molecule has 0 radical (unpaired) electrons. The molecule has 2 fully saturated rings. The monoisotopic (exact) mass is 455 g/mol. The fraction of sp³-hybridized carbons (Fsp3) is 0.458. The molecule has 5 rings (SSSR count). The van der Waals surface area contributed by atoms with Crippen molar-refractivity contribution in [2.75, 3.05) is 13.1 Å². The maximum Gasteiger partial charge on any atom is 0.243 e. The Morgan fingerprint density at radius 3 is 2.42 bits per heavy atom. The summed E-state index contributed by atoms with van der Waals surface area (Å²) < 4.78 is 29.9. The van der Waals surface area contributed by atoms with Crippen LogP contribution in [0, 0.1) is 5.92 Å². The molecule has 0 spiro atoms. The Bertz CT molecular complexity index is 1180. The minimum atomic E-state index is -3.43.